The quantitative estimate of drug-likeness (QED) is 0.624. The predicted octanol–water partition coefficient (Wildman–Crippen LogP) is 0.335. The number of hydrogen-bond donors (Lipinski definition) is 3. The van der Waals surface area contributed by atoms with E-state index in [4.69, 9.17) is 9.88 Å². The van der Waals surface area contributed by atoms with Crippen LogP contribution >= 0.6 is 0 Å². The molecule has 0 aliphatic carbocycles. The summed E-state index contributed by atoms with van der Waals surface area (Å²) in [5, 5.41) is 14.1. The molecule has 1 rings (SSSR count). The molecule has 0 aliphatic heterocycles. The average Bonchev–Trinajstić information content (AvgIpc) is 2.78. The number of H-pyrrole nitrogens is 1. The number of nitrogens with zero attached hydrogens (tertiary/aromatic N) is 1. The van der Waals surface area contributed by atoms with Crippen molar-refractivity contribution in [2.75, 3.05) is 13.2 Å². The summed E-state index contributed by atoms with van der Waals surface area (Å²) in [5.41, 5.74) is 0.104. The second kappa shape index (κ2) is 7.01. The van der Waals surface area contributed by atoms with Crippen molar-refractivity contribution in [1.29, 1.82) is 0 Å². The first-order valence-corrected chi connectivity index (χ1v) is 8.20. The Morgan fingerprint density at radius 3 is 2.48 bits per heavy atom. The Bertz CT molecular complexity index is 592. The van der Waals surface area contributed by atoms with Crippen LogP contribution < -0.4 is 10.5 Å². The lowest BCUT2D eigenvalue weighted by atomic mass is 10.1. The van der Waals surface area contributed by atoms with Crippen LogP contribution in [-0.4, -0.2) is 43.8 Å². The Morgan fingerprint density at radius 1 is 1.38 bits per heavy atom. The highest BCUT2D eigenvalue weighted by Gasteiger charge is 2.28. The molecule has 0 atom stereocenters. The van der Waals surface area contributed by atoms with Crippen molar-refractivity contribution in [3.63, 3.8) is 0 Å². The number of amides is 1. The van der Waals surface area contributed by atoms with E-state index in [1.54, 1.807) is 13.8 Å². The molecule has 4 N–H and O–H groups in total. The summed E-state index contributed by atoms with van der Waals surface area (Å²) in [6, 6.07) is 0. The fraction of sp³-hybridized carbons (Fsp3) is 0.667. The number of carbonyl (C=O) groups excluding carboxylic acids is 1. The summed E-state index contributed by atoms with van der Waals surface area (Å²) in [6.07, 6.45) is 0.0554. The van der Waals surface area contributed by atoms with Crippen molar-refractivity contribution < 1.29 is 17.9 Å². The number of aromatic amines is 1. The highest BCUT2D eigenvalue weighted by Crippen LogP contribution is 2.23. The third kappa shape index (κ3) is 4.80. The first kappa shape index (κ1) is 17.6. The zero-order valence-electron chi connectivity index (χ0n) is 12.6. The number of primary sulfonamides is 1. The molecule has 9 heteroatoms. The minimum Gasteiger partial charge on any atom is -0.377 e. The van der Waals surface area contributed by atoms with Crippen LogP contribution in [0.15, 0.2) is 4.90 Å². The zero-order chi connectivity index (χ0) is 16.2. The van der Waals surface area contributed by atoms with E-state index in [1.807, 2.05) is 13.8 Å². The minimum absolute atomic E-state index is 0.0554. The van der Waals surface area contributed by atoms with Crippen LogP contribution in [0.1, 0.15) is 49.8 Å². The van der Waals surface area contributed by atoms with Gasteiger partial charge < -0.3 is 10.1 Å². The van der Waals surface area contributed by atoms with Gasteiger partial charge in [-0.3, -0.25) is 9.89 Å². The lowest BCUT2D eigenvalue weighted by Crippen LogP contribution is -2.30. The third-order valence-electron chi connectivity index (χ3n) is 2.66. The fourth-order valence-corrected chi connectivity index (χ4v) is 2.72. The first-order valence-electron chi connectivity index (χ1n) is 6.65. The van der Waals surface area contributed by atoms with Gasteiger partial charge in [-0.15, -0.1) is 0 Å². The molecule has 1 aromatic rings. The summed E-state index contributed by atoms with van der Waals surface area (Å²) in [6.45, 7) is 7.90. The lowest BCUT2D eigenvalue weighted by molar-refractivity contribution is 0.0743. The van der Waals surface area contributed by atoms with Crippen LogP contribution in [0.25, 0.3) is 0 Å². The number of carbonyl (C=O) groups is 1. The average molecular weight is 318 g/mol. The van der Waals surface area contributed by atoms with Crippen molar-refractivity contribution in [3.8, 4) is 0 Å². The maximum atomic E-state index is 12.0. The first-order chi connectivity index (χ1) is 9.64. The normalized spacial score (nSPS) is 12.1. The second-order valence-electron chi connectivity index (χ2n) is 5.19. The highest BCUT2D eigenvalue weighted by molar-refractivity contribution is 7.89. The minimum atomic E-state index is -4.04. The van der Waals surface area contributed by atoms with Gasteiger partial charge in [0.2, 0.25) is 10.0 Å². The molecule has 21 heavy (non-hydrogen) atoms. The molecule has 1 amide bonds. The summed E-state index contributed by atoms with van der Waals surface area (Å²) < 4.78 is 28.6. The Labute approximate surface area is 124 Å². The number of nitrogens with one attached hydrogen (secondary N) is 2. The molecule has 0 aromatic carbocycles. The van der Waals surface area contributed by atoms with Crippen molar-refractivity contribution >= 4 is 15.9 Å². The SMILES string of the molecule is CC(C)OCCNC(=O)c1n[nH]c(C(C)C)c1S(N)(=O)=O. The topological polar surface area (TPSA) is 127 Å². The number of sulfonamides is 1. The smallest absolute Gasteiger partial charge is 0.273 e. The van der Waals surface area contributed by atoms with Crippen molar-refractivity contribution in [2.24, 2.45) is 5.14 Å². The molecule has 0 aliphatic rings. The van der Waals surface area contributed by atoms with Crippen molar-refractivity contribution in [2.45, 2.75) is 44.6 Å². The van der Waals surface area contributed by atoms with Crippen LogP contribution in [0.3, 0.4) is 0 Å². The molecule has 0 bridgehead atoms. The molecular formula is C12H22N4O4S. The molecule has 1 heterocycles. The van der Waals surface area contributed by atoms with E-state index in [0.717, 1.165) is 0 Å². The fourth-order valence-electron chi connectivity index (χ4n) is 1.72. The molecule has 0 saturated carbocycles. The number of nitrogens with two attached hydrogens (primary N) is 1. The molecule has 120 valence electrons. The third-order valence-corrected chi connectivity index (χ3v) is 3.65. The van der Waals surface area contributed by atoms with E-state index in [2.05, 4.69) is 15.5 Å². The maximum absolute atomic E-state index is 12.0. The second-order valence-corrected chi connectivity index (χ2v) is 6.69. The highest BCUT2D eigenvalue weighted by atomic mass is 32.2. The van der Waals surface area contributed by atoms with E-state index in [9.17, 15) is 13.2 Å². The van der Waals surface area contributed by atoms with Gasteiger partial charge in [0.05, 0.1) is 18.4 Å². The Kier molecular flexibility index (Phi) is 5.87. The molecule has 1 aromatic heterocycles. The number of hydrogen-bond acceptors (Lipinski definition) is 5. The molecule has 8 nitrogen and oxygen atoms in total. The largest absolute Gasteiger partial charge is 0.377 e. The number of rotatable bonds is 7. The Balaban J connectivity index is 2.90. The van der Waals surface area contributed by atoms with Gasteiger partial charge in [0, 0.05) is 6.54 Å². The summed E-state index contributed by atoms with van der Waals surface area (Å²) in [4.78, 5) is 11.8. The van der Waals surface area contributed by atoms with Gasteiger partial charge in [-0.1, -0.05) is 13.8 Å². The lowest BCUT2D eigenvalue weighted by Gasteiger charge is -2.09. The Morgan fingerprint density at radius 2 is 2.00 bits per heavy atom. The molecule has 0 radical (unpaired) electrons. The van der Waals surface area contributed by atoms with Gasteiger partial charge in [-0.05, 0) is 19.8 Å². The van der Waals surface area contributed by atoms with E-state index in [-0.39, 0.29) is 29.2 Å². The van der Waals surface area contributed by atoms with E-state index in [1.165, 1.54) is 0 Å². The van der Waals surface area contributed by atoms with Crippen molar-refractivity contribution in [3.05, 3.63) is 11.4 Å². The summed E-state index contributed by atoms with van der Waals surface area (Å²) in [7, 11) is -4.04. The van der Waals surface area contributed by atoms with Crippen molar-refractivity contribution in [1.82, 2.24) is 15.5 Å². The van der Waals surface area contributed by atoms with Crippen LogP contribution in [-0.2, 0) is 14.8 Å². The monoisotopic (exact) mass is 318 g/mol. The van der Waals surface area contributed by atoms with Gasteiger partial charge in [-0.2, -0.15) is 5.10 Å². The summed E-state index contributed by atoms with van der Waals surface area (Å²) in [5.74, 6) is -0.758. The van der Waals surface area contributed by atoms with Gasteiger partial charge in [0.15, 0.2) is 5.69 Å². The standard InChI is InChI=1S/C12H22N4O4S/c1-7(2)9-11(21(13,18)19)10(16-15-9)12(17)14-5-6-20-8(3)4/h7-8H,5-6H2,1-4H3,(H,14,17)(H,15,16)(H2,13,18,19). The number of aromatic nitrogens is 2. The van der Waals surface area contributed by atoms with Crippen LogP contribution in [0.4, 0.5) is 0 Å². The summed E-state index contributed by atoms with van der Waals surface area (Å²) >= 11 is 0. The zero-order valence-corrected chi connectivity index (χ0v) is 13.5. The molecule has 0 spiro atoms. The van der Waals surface area contributed by atoms with E-state index >= 15 is 0 Å². The van der Waals surface area contributed by atoms with Crippen LogP contribution in [0.5, 0.6) is 0 Å². The number of ether oxygens (including phenoxy) is 1. The predicted molar refractivity (Wildman–Crippen MR) is 77.5 cm³/mol. The van der Waals surface area contributed by atoms with Gasteiger partial charge >= 0.3 is 0 Å². The molecule has 0 fully saturated rings. The molecule has 0 unspecified atom stereocenters. The van der Waals surface area contributed by atoms with E-state index < -0.39 is 15.9 Å². The van der Waals surface area contributed by atoms with Crippen LogP contribution in [0, 0.1) is 0 Å². The molecule has 0 saturated heterocycles. The van der Waals surface area contributed by atoms with Gasteiger partial charge in [0.25, 0.3) is 5.91 Å². The molecular weight excluding hydrogens is 296 g/mol. The van der Waals surface area contributed by atoms with Crippen LogP contribution in [0.2, 0.25) is 0 Å². The van der Waals surface area contributed by atoms with Gasteiger partial charge in [0.1, 0.15) is 4.90 Å². The van der Waals surface area contributed by atoms with E-state index in [0.29, 0.717) is 12.3 Å². The Hall–Kier alpha value is -1.45. The van der Waals surface area contributed by atoms with Gasteiger partial charge in [-0.25, -0.2) is 13.6 Å². The maximum Gasteiger partial charge on any atom is 0.273 e.